The van der Waals surface area contributed by atoms with Crippen molar-refractivity contribution in [3.05, 3.63) is 53.9 Å². The van der Waals surface area contributed by atoms with Crippen molar-refractivity contribution in [1.29, 1.82) is 0 Å². The van der Waals surface area contributed by atoms with Crippen LogP contribution in [-0.4, -0.2) is 34.4 Å². The van der Waals surface area contributed by atoms with Gasteiger partial charge in [0, 0.05) is 18.9 Å². The van der Waals surface area contributed by atoms with Gasteiger partial charge < -0.3 is 15.4 Å². The topological polar surface area (TPSA) is 85.2 Å². The zero-order chi connectivity index (χ0) is 18.9. The third kappa shape index (κ3) is 5.61. The Bertz CT molecular complexity index is 713. The number of nitrogens with one attached hydrogen (secondary N) is 2. The fourth-order valence-electron chi connectivity index (χ4n) is 2.58. The first-order valence-corrected chi connectivity index (χ1v) is 8.76. The van der Waals surface area contributed by atoms with Gasteiger partial charge >= 0.3 is 6.09 Å². The number of aromatic nitrogens is 2. The number of amides is 2. The van der Waals surface area contributed by atoms with Crippen LogP contribution in [0, 0.1) is 5.92 Å². The molecule has 1 unspecified atom stereocenters. The number of nitrogens with zero attached hydrogens (tertiary/aromatic N) is 2. The largest absolute Gasteiger partial charge is 0.450 e. The van der Waals surface area contributed by atoms with E-state index in [2.05, 4.69) is 15.7 Å². The van der Waals surface area contributed by atoms with Crippen LogP contribution in [0.4, 0.5) is 4.79 Å². The smallest absolute Gasteiger partial charge is 0.407 e. The minimum atomic E-state index is -0.646. The summed E-state index contributed by atoms with van der Waals surface area (Å²) in [5, 5.41) is 9.74. The molecular formula is C19H26N4O3. The highest BCUT2D eigenvalue weighted by Gasteiger charge is 2.24. The Morgan fingerprint density at radius 3 is 2.54 bits per heavy atom. The first-order chi connectivity index (χ1) is 12.5. The molecule has 140 valence electrons. The molecule has 0 aliphatic heterocycles. The highest BCUT2D eigenvalue weighted by Crippen LogP contribution is 2.11. The van der Waals surface area contributed by atoms with Crippen LogP contribution in [0.3, 0.4) is 0 Å². The molecule has 1 heterocycles. The van der Waals surface area contributed by atoms with Crippen LogP contribution in [0.5, 0.6) is 0 Å². The second kappa shape index (κ2) is 9.60. The van der Waals surface area contributed by atoms with E-state index >= 15 is 0 Å². The highest BCUT2D eigenvalue weighted by atomic mass is 16.5. The normalized spacial score (nSPS) is 11.8. The van der Waals surface area contributed by atoms with Crippen molar-refractivity contribution in [2.24, 2.45) is 5.92 Å². The van der Waals surface area contributed by atoms with Crippen molar-refractivity contribution < 1.29 is 14.3 Å². The Kier molecular flexibility index (Phi) is 7.20. The number of hydrogen-bond donors (Lipinski definition) is 2. The van der Waals surface area contributed by atoms with Crippen molar-refractivity contribution in [1.82, 2.24) is 20.4 Å². The average molecular weight is 358 g/mol. The third-order valence-corrected chi connectivity index (χ3v) is 3.96. The summed E-state index contributed by atoms with van der Waals surface area (Å²) < 4.78 is 6.71. The summed E-state index contributed by atoms with van der Waals surface area (Å²) in [5.74, 6) is -0.291. The second-order valence-electron chi connectivity index (χ2n) is 6.28. The molecule has 0 aliphatic carbocycles. The Balaban J connectivity index is 2.00. The van der Waals surface area contributed by atoms with Gasteiger partial charge in [-0.1, -0.05) is 38.1 Å². The van der Waals surface area contributed by atoms with Crippen LogP contribution in [0.25, 0.3) is 0 Å². The van der Waals surface area contributed by atoms with Crippen molar-refractivity contribution in [3.8, 4) is 0 Å². The molecule has 2 N–H and O–H groups in total. The van der Waals surface area contributed by atoms with Crippen molar-refractivity contribution in [2.45, 2.75) is 39.9 Å². The number of carbonyl (C=O) groups is 2. The minimum Gasteiger partial charge on any atom is -0.450 e. The van der Waals surface area contributed by atoms with E-state index in [1.54, 1.807) is 13.1 Å². The van der Waals surface area contributed by atoms with E-state index in [-0.39, 0.29) is 18.4 Å². The molecule has 1 atom stereocenters. The average Bonchev–Trinajstić information content (AvgIpc) is 3.11. The molecule has 0 fully saturated rings. The lowest BCUT2D eigenvalue weighted by molar-refractivity contribution is -0.124. The molecule has 0 spiro atoms. The van der Waals surface area contributed by atoms with E-state index < -0.39 is 12.1 Å². The van der Waals surface area contributed by atoms with Crippen LogP contribution in [-0.2, 0) is 22.6 Å². The summed E-state index contributed by atoms with van der Waals surface area (Å²) in [4.78, 5) is 24.2. The Labute approximate surface area is 153 Å². The van der Waals surface area contributed by atoms with E-state index in [1.165, 1.54) is 0 Å². The third-order valence-electron chi connectivity index (χ3n) is 3.96. The maximum absolute atomic E-state index is 12.5. The van der Waals surface area contributed by atoms with Gasteiger partial charge in [-0.05, 0) is 30.0 Å². The molecule has 2 aromatic rings. The second-order valence-corrected chi connectivity index (χ2v) is 6.28. The summed E-state index contributed by atoms with van der Waals surface area (Å²) in [6.45, 7) is 6.75. The molecule has 1 aromatic heterocycles. The lowest BCUT2D eigenvalue weighted by Crippen LogP contribution is -2.49. The molecular weight excluding hydrogens is 332 g/mol. The van der Waals surface area contributed by atoms with Crippen LogP contribution in [0.15, 0.2) is 42.7 Å². The van der Waals surface area contributed by atoms with E-state index in [1.807, 2.05) is 55.1 Å². The fourth-order valence-corrected chi connectivity index (χ4v) is 2.58. The quantitative estimate of drug-likeness (QED) is 0.758. The zero-order valence-corrected chi connectivity index (χ0v) is 15.4. The molecule has 0 radical (unpaired) electrons. The first kappa shape index (κ1) is 19.5. The maximum atomic E-state index is 12.5. The van der Waals surface area contributed by atoms with Gasteiger partial charge in [0.05, 0.1) is 13.2 Å². The molecule has 2 rings (SSSR count). The summed E-state index contributed by atoms with van der Waals surface area (Å²) in [5.41, 5.74) is 2.09. The van der Waals surface area contributed by atoms with Crippen molar-refractivity contribution >= 4 is 12.0 Å². The van der Waals surface area contributed by atoms with Crippen LogP contribution in [0.2, 0.25) is 0 Å². The Morgan fingerprint density at radius 2 is 1.92 bits per heavy atom. The first-order valence-electron chi connectivity index (χ1n) is 8.76. The number of carbonyl (C=O) groups excluding carboxylic acids is 2. The monoisotopic (exact) mass is 358 g/mol. The molecule has 0 saturated heterocycles. The molecule has 1 aromatic carbocycles. The zero-order valence-electron chi connectivity index (χ0n) is 15.4. The molecule has 2 amide bonds. The lowest BCUT2D eigenvalue weighted by Gasteiger charge is -2.21. The number of alkyl carbamates (subject to hydrolysis) is 1. The van der Waals surface area contributed by atoms with Gasteiger partial charge in [-0.15, -0.1) is 0 Å². The minimum absolute atomic E-state index is 0.0567. The molecule has 0 aliphatic rings. The molecule has 0 bridgehead atoms. The van der Waals surface area contributed by atoms with Gasteiger partial charge in [0.15, 0.2) is 0 Å². The molecule has 0 saturated carbocycles. The SMILES string of the molecule is CCOC(=O)NC(C(=O)NCc1ccccc1Cn1cccn1)C(C)C. The van der Waals surface area contributed by atoms with Gasteiger partial charge in [-0.2, -0.15) is 5.10 Å². The number of benzene rings is 1. The fraction of sp³-hybridized carbons (Fsp3) is 0.421. The lowest BCUT2D eigenvalue weighted by atomic mass is 10.0. The van der Waals surface area contributed by atoms with Gasteiger partial charge in [0.2, 0.25) is 5.91 Å². The number of ether oxygens (including phenoxy) is 1. The van der Waals surface area contributed by atoms with E-state index in [0.29, 0.717) is 13.1 Å². The van der Waals surface area contributed by atoms with Gasteiger partial charge in [-0.3, -0.25) is 9.48 Å². The Morgan fingerprint density at radius 1 is 1.19 bits per heavy atom. The van der Waals surface area contributed by atoms with Crippen LogP contribution < -0.4 is 10.6 Å². The summed E-state index contributed by atoms with van der Waals surface area (Å²) >= 11 is 0. The van der Waals surface area contributed by atoms with E-state index in [9.17, 15) is 9.59 Å². The number of rotatable bonds is 8. The summed E-state index contributed by atoms with van der Waals surface area (Å²) in [6, 6.07) is 9.11. The van der Waals surface area contributed by atoms with Crippen molar-refractivity contribution in [3.63, 3.8) is 0 Å². The van der Waals surface area contributed by atoms with Gasteiger partial charge in [0.1, 0.15) is 6.04 Å². The highest BCUT2D eigenvalue weighted by molar-refractivity contribution is 5.85. The predicted octanol–water partition coefficient (Wildman–Crippen LogP) is 2.32. The van der Waals surface area contributed by atoms with E-state index in [4.69, 9.17) is 4.74 Å². The Hall–Kier alpha value is -2.83. The molecule has 26 heavy (non-hydrogen) atoms. The summed E-state index contributed by atoms with van der Waals surface area (Å²) in [6.07, 6.45) is 3.05. The van der Waals surface area contributed by atoms with E-state index in [0.717, 1.165) is 11.1 Å². The number of hydrogen-bond acceptors (Lipinski definition) is 4. The van der Waals surface area contributed by atoms with Crippen LogP contribution >= 0.6 is 0 Å². The van der Waals surface area contributed by atoms with Gasteiger partial charge in [-0.25, -0.2) is 4.79 Å². The van der Waals surface area contributed by atoms with Crippen molar-refractivity contribution in [2.75, 3.05) is 6.61 Å². The summed E-state index contributed by atoms with van der Waals surface area (Å²) in [7, 11) is 0. The maximum Gasteiger partial charge on any atom is 0.407 e. The standard InChI is InChI=1S/C19H26N4O3/c1-4-26-19(25)22-17(14(2)3)18(24)20-12-15-8-5-6-9-16(15)13-23-11-7-10-21-23/h5-11,14,17H,4,12-13H2,1-3H3,(H,20,24)(H,22,25). The van der Waals surface area contributed by atoms with Gasteiger partial charge in [0.25, 0.3) is 0 Å². The molecule has 7 nitrogen and oxygen atoms in total. The molecule has 7 heteroatoms. The predicted molar refractivity (Wildman–Crippen MR) is 98.4 cm³/mol. The van der Waals surface area contributed by atoms with Crippen LogP contribution in [0.1, 0.15) is 31.9 Å².